The Labute approximate surface area is 119 Å². The largest absolute Gasteiger partial charge is 0.382 e. The van der Waals surface area contributed by atoms with Gasteiger partial charge in [0.2, 0.25) is 0 Å². The van der Waals surface area contributed by atoms with E-state index >= 15 is 0 Å². The lowest BCUT2D eigenvalue weighted by molar-refractivity contribution is 0.120. The molecule has 102 valence electrons. The number of rotatable bonds is 3. The highest BCUT2D eigenvalue weighted by atomic mass is 16.5. The zero-order valence-corrected chi connectivity index (χ0v) is 11.6. The van der Waals surface area contributed by atoms with E-state index in [0.29, 0.717) is 6.10 Å². The summed E-state index contributed by atoms with van der Waals surface area (Å²) in [4.78, 5) is 0. The third-order valence-corrected chi connectivity index (χ3v) is 4.39. The van der Waals surface area contributed by atoms with Crippen LogP contribution in [-0.4, -0.2) is 19.3 Å². The Balaban J connectivity index is 1.60. The number of ether oxygens (including phenoxy) is 1. The predicted octanol–water partition coefficient (Wildman–Crippen LogP) is 3.85. The highest BCUT2D eigenvalue weighted by molar-refractivity contribution is 5.81. The second-order valence-corrected chi connectivity index (χ2v) is 5.68. The molecule has 1 heterocycles. The molecule has 2 heteroatoms. The summed E-state index contributed by atoms with van der Waals surface area (Å²) in [6, 6.07) is 15.3. The minimum atomic E-state index is 0.384. The van der Waals surface area contributed by atoms with E-state index in [1.54, 1.807) is 0 Å². The van der Waals surface area contributed by atoms with Crippen LogP contribution in [0.25, 0.3) is 11.1 Å². The van der Waals surface area contributed by atoms with Gasteiger partial charge in [0.15, 0.2) is 0 Å². The molecule has 1 unspecified atom stereocenters. The summed E-state index contributed by atoms with van der Waals surface area (Å²) in [6.07, 6.45) is 3.81. The van der Waals surface area contributed by atoms with E-state index in [1.165, 1.54) is 40.8 Å². The van der Waals surface area contributed by atoms with Crippen molar-refractivity contribution in [2.75, 3.05) is 18.5 Å². The molecule has 2 aromatic carbocycles. The van der Waals surface area contributed by atoms with Gasteiger partial charge >= 0.3 is 0 Å². The van der Waals surface area contributed by atoms with Crippen molar-refractivity contribution >= 4 is 5.69 Å². The van der Waals surface area contributed by atoms with Gasteiger partial charge in [-0.05, 0) is 41.2 Å². The van der Waals surface area contributed by atoms with Crippen LogP contribution in [0.1, 0.15) is 24.0 Å². The van der Waals surface area contributed by atoms with Gasteiger partial charge in [-0.15, -0.1) is 0 Å². The van der Waals surface area contributed by atoms with Crippen LogP contribution in [-0.2, 0) is 11.2 Å². The fourth-order valence-corrected chi connectivity index (χ4v) is 3.35. The number of hydrogen-bond donors (Lipinski definition) is 1. The second kappa shape index (κ2) is 4.95. The first-order chi connectivity index (χ1) is 9.92. The smallest absolute Gasteiger partial charge is 0.0748 e. The first-order valence-corrected chi connectivity index (χ1v) is 7.47. The molecule has 2 aromatic rings. The van der Waals surface area contributed by atoms with Gasteiger partial charge < -0.3 is 10.1 Å². The second-order valence-electron chi connectivity index (χ2n) is 5.68. The number of nitrogens with one attached hydrogen (secondary N) is 1. The molecule has 1 N–H and O–H groups in total. The topological polar surface area (TPSA) is 21.3 Å². The monoisotopic (exact) mass is 265 g/mol. The van der Waals surface area contributed by atoms with Crippen LogP contribution in [0, 0.1) is 0 Å². The molecule has 1 fully saturated rings. The summed E-state index contributed by atoms with van der Waals surface area (Å²) in [6.45, 7) is 1.84. The average Bonchev–Trinajstić information content (AvgIpc) is 3.12. The standard InChI is InChI=1S/C18H19NO/c1-2-7-15-13(5-1)11-17-16(15)8-3-9-18(17)19-12-14-6-4-10-20-14/h1-3,5,7-9,14,19H,4,6,10-12H2. The molecule has 1 aliphatic carbocycles. The summed E-state index contributed by atoms with van der Waals surface area (Å²) >= 11 is 0. The van der Waals surface area contributed by atoms with E-state index in [9.17, 15) is 0 Å². The number of benzene rings is 2. The number of anilines is 1. The Hall–Kier alpha value is -1.80. The Morgan fingerprint density at radius 2 is 1.95 bits per heavy atom. The van der Waals surface area contributed by atoms with Crippen molar-refractivity contribution in [3.05, 3.63) is 53.6 Å². The van der Waals surface area contributed by atoms with E-state index in [2.05, 4.69) is 47.8 Å². The Morgan fingerprint density at radius 1 is 1.05 bits per heavy atom. The molecule has 0 radical (unpaired) electrons. The fraction of sp³-hybridized carbons (Fsp3) is 0.333. The van der Waals surface area contributed by atoms with Gasteiger partial charge in [0.25, 0.3) is 0 Å². The van der Waals surface area contributed by atoms with Crippen LogP contribution in [0.5, 0.6) is 0 Å². The van der Waals surface area contributed by atoms with Crippen LogP contribution in [0.2, 0.25) is 0 Å². The summed E-state index contributed by atoms with van der Waals surface area (Å²) in [5.41, 5.74) is 6.93. The zero-order valence-electron chi connectivity index (χ0n) is 11.6. The quantitative estimate of drug-likeness (QED) is 0.776. The molecular weight excluding hydrogens is 246 g/mol. The fourth-order valence-electron chi connectivity index (χ4n) is 3.35. The average molecular weight is 265 g/mol. The van der Waals surface area contributed by atoms with Gasteiger partial charge in [-0.1, -0.05) is 36.4 Å². The lowest BCUT2D eigenvalue weighted by Crippen LogP contribution is -2.19. The molecular formula is C18H19NO. The summed E-state index contributed by atoms with van der Waals surface area (Å²) in [5.74, 6) is 0. The van der Waals surface area contributed by atoms with Gasteiger partial charge in [0, 0.05) is 25.3 Å². The van der Waals surface area contributed by atoms with Crippen molar-refractivity contribution in [1.29, 1.82) is 0 Å². The van der Waals surface area contributed by atoms with Crippen molar-refractivity contribution in [3.63, 3.8) is 0 Å². The SMILES string of the molecule is c1ccc2c(c1)Cc1c(NCC3CCCO3)cccc1-2. The molecule has 1 atom stereocenters. The van der Waals surface area contributed by atoms with Crippen LogP contribution in [0.4, 0.5) is 5.69 Å². The number of hydrogen-bond acceptors (Lipinski definition) is 2. The Morgan fingerprint density at radius 3 is 2.85 bits per heavy atom. The first kappa shape index (κ1) is 12.0. The van der Waals surface area contributed by atoms with E-state index in [0.717, 1.165) is 19.6 Å². The van der Waals surface area contributed by atoms with Crippen molar-refractivity contribution in [3.8, 4) is 11.1 Å². The van der Waals surface area contributed by atoms with E-state index in [-0.39, 0.29) is 0 Å². The molecule has 0 amide bonds. The minimum absolute atomic E-state index is 0.384. The highest BCUT2D eigenvalue weighted by Gasteiger charge is 2.21. The predicted molar refractivity (Wildman–Crippen MR) is 82.1 cm³/mol. The van der Waals surface area contributed by atoms with E-state index in [1.807, 2.05) is 0 Å². The molecule has 20 heavy (non-hydrogen) atoms. The van der Waals surface area contributed by atoms with Crippen LogP contribution < -0.4 is 5.32 Å². The third-order valence-electron chi connectivity index (χ3n) is 4.39. The van der Waals surface area contributed by atoms with Crippen LogP contribution >= 0.6 is 0 Å². The van der Waals surface area contributed by atoms with E-state index in [4.69, 9.17) is 4.74 Å². The first-order valence-electron chi connectivity index (χ1n) is 7.47. The van der Waals surface area contributed by atoms with Crippen LogP contribution in [0.15, 0.2) is 42.5 Å². The molecule has 0 aromatic heterocycles. The van der Waals surface area contributed by atoms with Crippen molar-refractivity contribution in [1.82, 2.24) is 0 Å². The molecule has 1 saturated heterocycles. The minimum Gasteiger partial charge on any atom is -0.382 e. The normalized spacial score (nSPS) is 19.7. The van der Waals surface area contributed by atoms with E-state index < -0.39 is 0 Å². The van der Waals surface area contributed by atoms with Gasteiger partial charge in [-0.3, -0.25) is 0 Å². The molecule has 0 bridgehead atoms. The van der Waals surface area contributed by atoms with Crippen molar-refractivity contribution < 1.29 is 4.74 Å². The zero-order chi connectivity index (χ0) is 13.4. The van der Waals surface area contributed by atoms with Crippen molar-refractivity contribution in [2.24, 2.45) is 0 Å². The highest BCUT2D eigenvalue weighted by Crippen LogP contribution is 2.39. The van der Waals surface area contributed by atoms with Crippen LogP contribution in [0.3, 0.4) is 0 Å². The molecule has 2 nitrogen and oxygen atoms in total. The Bertz CT molecular complexity index is 629. The third kappa shape index (κ3) is 2.01. The van der Waals surface area contributed by atoms with Crippen molar-refractivity contribution in [2.45, 2.75) is 25.4 Å². The Kier molecular flexibility index (Phi) is 2.96. The molecule has 0 saturated carbocycles. The maximum absolute atomic E-state index is 5.69. The van der Waals surface area contributed by atoms with Gasteiger partial charge in [-0.2, -0.15) is 0 Å². The maximum Gasteiger partial charge on any atom is 0.0748 e. The summed E-state index contributed by atoms with van der Waals surface area (Å²) < 4.78 is 5.69. The lowest BCUT2D eigenvalue weighted by Gasteiger charge is -2.15. The molecule has 0 spiro atoms. The van der Waals surface area contributed by atoms with Gasteiger partial charge in [0.1, 0.15) is 0 Å². The molecule has 4 rings (SSSR count). The number of fused-ring (bicyclic) bond motifs is 3. The van der Waals surface area contributed by atoms with Gasteiger partial charge in [-0.25, -0.2) is 0 Å². The molecule has 2 aliphatic rings. The summed E-state index contributed by atoms with van der Waals surface area (Å²) in [7, 11) is 0. The van der Waals surface area contributed by atoms with Gasteiger partial charge in [0.05, 0.1) is 6.10 Å². The summed E-state index contributed by atoms with van der Waals surface area (Å²) in [5, 5.41) is 3.60. The molecule has 1 aliphatic heterocycles. The maximum atomic E-state index is 5.69. The lowest BCUT2D eigenvalue weighted by atomic mass is 10.0.